The van der Waals surface area contributed by atoms with E-state index in [0.29, 0.717) is 36.6 Å². The zero-order chi connectivity index (χ0) is 21.1. The van der Waals surface area contributed by atoms with Crippen molar-refractivity contribution in [2.75, 3.05) is 18.0 Å². The summed E-state index contributed by atoms with van der Waals surface area (Å²) >= 11 is 0. The molecule has 4 rings (SSSR count). The molecular formula is C23H27N5O2. The van der Waals surface area contributed by atoms with E-state index in [-0.39, 0.29) is 17.4 Å². The van der Waals surface area contributed by atoms with Crippen molar-refractivity contribution in [1.29, 1.82) is 0 Å². The number of rotatable bonds is 5. The minimum absolute atomic E-state index is 0.0264. The molecule has 30 heavy (non-hydrogen) atoms. The number of nitrogens with zero attached hydrogens (tertiary/aromatic N) is 4. The van der Waals surface area contributed by atoms with E-state index in [9.17, 15) is 9.59 Å². The van der Waals surface area contributed by atoms with Crippen molar-refractivity contribution in [1.82, 2.24) is 19.9 Å². The third-order valence-corrected chi connectivity index (χ3v) is 5.68. The summed E-state index contributed by atoms with van der Waals surface area (Å²) in [4.78, 5) is 36.7. The highest BCUT2D eigenvalue weighted by Crippen LogP contribution is 2.21. The lowest BCUT2D eigenvalue weighted by Crippen LogP contribution is -2.45. The van der Waals surface area contributed by atoms with Crippen molar-refractivity contribution < 1.29 is 4.79 Å². The zero-order valence-corrected chi connectivity index (χ0v) is 17.5. The van der Waals surface area contributed by atoms with Crippen LogP contribution in [0, 0.1) is 12.8 Å². The number of nitrogens with one attached hydrogen (secondary N) is 1. The van der Waals surface area contributed by atoms with Gasteiger partial charge in [0, 0.05) is 32.4 Å². The number of aryl methyl sites for hydroxylation is 2. The van der Waals surface area contributed by atoms with Crippen LogP contribution in [0.1, 0.15) is 30.9 Å². The maximum atomic E-state index is 13.0. The Morgan fingerprint density at radius 2 is 2.03 bits per heavy atom. The van der Waals surface area contributed by atoms with Crippen LogP contribution in [0.4, 0.5) is 5.82 Å². The molecule has 0 bridgehead atoms. The Hall–Kier alpha value is -3.22. The maximum absolute atomic E-state index is 13.0. The third kappa shape index (κ3) is 4.06. The highest BCUT2D eigenvalue weighted by Gasteiger charge is 2.28. The molecule has 2 aromatic heterocycles. The summed E-state index contributed by atoms with van der Waals surface area (Å²) in [6.07, 6.45) is 3.33. The third-order valence-electron chi connectivity index (χ3n) is 5.68. The molecular weight excluding hydrogens is 378 g/mol. The van der Waals surface area contributed by atoms with Crippen LogP contribution >= 0.6 is 0 Å². The van der Waals surface area contributed by atoms with Gasteiger partial charge in [-0.15, -0.1) is 0 Å². The molecule has 0 unspecified atom stereocenters. The summed E-state index contributed by atoms with van der Waals surface area (Å²) < 4.78 is 1.65. The second-order valence-electron chi connectivity index (χ2n) is 7.82. The molecule has 7 nitrogen and oxygen atoms in total. The predicted molar refractivity (Wildman–Crippen MR) is 117 cm³/mol. The number of piperidine rings is 1. The van der Waals surface area contributed by atoms with Gasteiger partial charge in [0.2, 0.25) is 5.91 Å². The van der Waals surface area contributed by atoms with Gasteiger partial charge in [0.15, 0.2) is 11.5 Å². The van der Waals surface area contributed by atoms with Crippen LogP contribution in [0.15, 0.2) is 47.4 Å². The normalized spacial score (nSPS) is 16.6. The number of carbonyl (C=O) groups is 1. The van der Waals surface area contributed by atoms with E-state index in [0.717, 1.165) is 24.9 Å². The Morgan fingerprint density at radius 3 is 2.80 bits per heavy atom. The Bertz CT molecular complexity index is 1110. The van der Waals surface area contributed by atoms with E-state index in [1.165, 1.54) is 5.56 Å². The predicted octanol–water partition coefficient (Wildman–Crippen LogP) is 2.65. The first-order valence-electron chi connectivity index (χ1n) is 10.5. The lowest BCUT2D eigenvalue weighted by atomic mass is 9.97. The number of carbonyl (C=O) groups excluding carboxylic acids is 1. The molecule has 7 heteroatoms. The zero-order valence-electron chi connectivity index (χ0n) is 17.5. The average molecular weight is 406 g/mol. The molecule has 156 valence electrons. The largest absolute Gasteiger partial charge is 0.352 e. The monoisotopic (exact) mass is 405 g/mol. The van der Waals surface area contributed by atoms with Crippen LogP contribution in [0.2, 0.25) is 0 Å². The van der Waals surface area contributed by atoms with Crippen LogP contribution in [0.5, 0.6) is 0 Å². The van der Waals surface area contributed by atoms with Crippen molar-refractivity contribution >= 4 is 22.9 Å². The van der Waals surface area contributed by atoms with Gasteiger partial charge in [0.05, 0.1) is 5.92 Å². The van der Waals surface area contributed by atoms with Crippen LogP contribution in [0.3, 0.4) is 0 Å². The molecule has 3 heterocycles. The maximum Gasteiger partial charge on any atom is 0.295 e. The van der Waals surface area contributed by atoms with Gasteiger partial charge in [0.1, 0.15) is 5.52 Å². The Balaban J connectivity index is 1.51. The standard InChI is InChI=1S/C23H27N5O2/c1-3-28-20-19(7-4-12-24-20)26-21(23(28)30)27-13-5-6-18(15-27)22(29)25-14-17-10-8-16(2)9-11-17/h4,7-12,18H,3,5-6,13-15H2,1-2H3,(H,25,29)/t18-/m1/s1. The second-order valence-corrected chi connectivity index (χ2v) is 7.82. The fourth-order valence-corrected chi connectivity index (χ4v) is 3.98. The summed E-state index contributed by atoms with van der Waals surface area (Å²) in [5.74, 6) is 0.275. The topological polar surface area (TPSA) is 80.1 Å². The lowest BCUT2D eigenvalue weighted by molar-refractivity contribution is -0.125. The fourth-order valence-electron chi connectivity index (χ4n) is 3.98. The summed E-state index contributed by atoms with van der Waals surface area (Å²) in [5.41, 5.74) is 3.42. The summed E-state index contributed by atoms with van der Waals surface area (Å²) in [6.45, 7) is 6.23. The molecule has 0 spiro atoms. The van der Waals surface area contributed by atoms with Crippen molar-refractivity contribution in [3.63, 3.8) is 0 Å². The fraction of sp³-hybridized carbons (Fsp3) is 0.391. The molecule has 0 saturated carbocycles. The van der Waals surface area contributed by atoms with Gasteiger partial charge < -0.3 is 10.2 Å². The van der Waals surface area contributed by atoms with Gasteiger partial charge in [-0.2, -0.15) is 0 Å². The average Bonchev–Trinajstić information content (AvgIpc) is 2.78. The highest BCUT2D eigenvalue weighted by molar-refractivity contribution is 5.79. The Kier molecular flexibility index (Phi) is 5.79. The van der Waals surface area contributed by atoms with Gasteiger partial charge >= 0.3 is 0 Å². The SMILES string of the molecule is CCn1c(=O)c(N2CCC[C@@H](C(=O)NCc3ccc(C)cc3)C2)nc2cccnc21. The minimum Gasteiger partial charge on any atom is -0.352 e. The number of amides is 1. The lowest BCUT2D eigenvalue weighted by Gasteiger charge is -2.32. The molecule has 1 fully saturated rings. The van der Waals surface area contributed by atoms with E-state index in [2.05, 4.69) is 15.3 Å². The minimum atomic E-state index is -0.162. The number of hydrogen-bond donors (Lipinski definition) is 1. The first-order valence-corrected chi connectivity index (χ1v) is 10.5. The number of aromatic nitrogens is 3. The summed E-state index contributed by atoms with van der Waals surface area (Å²) in [5, 5.41) is 3.05. The Morgan fingerprint density at radius 1 is 1.23 bits per heavy atom. The van der Waals surface area contributed by atoms with E-state index < -0.39 is 0 Å². The first-order chi connectivity index (χ1) is 14.6. The molecule has 3 aromatic rings. The van der Waals surface area contributed by atoms with E-state index in [1.807, 2.05) is 55.1 Å². The van der Waals surface area contributed by atoms with Crippen molar-refractivity contribution in [2.45, 2.75) is 39.8 Å². The van der Waals surface area contributed by atoms with Gasteiger partial charge in [-0.3, -0.25) is 14.2 Å². The molecule has 1 aliphatic heterocycles. The number of hydrogen-bond acceptors (Lipinski definition) is 5. The number of benzene rings is 1. The van der Waals surface area contributed by atoms with Gasteiger partial charge in [0.25, 0.3) is 5.56 Å². The number of fused-ring (bicyclic) bond motifs is 1. The van der Waals surface area contributed by atoms with Gasteiger partial charge in [-0.05, 0) is 44.4 Å². The first kappa shape index (κ1) is 20.1. The van der Waals surface area contributed by atoms with Crippen LogP contribution in [-0.2, 0) is 17.9 Å². The van der Waals surface area contributed by atoms with Gasteiger partial charge in [-0.1, -0.05) is 29.8 Å². The molecule has 1 atom stereocenters. The summed E-state index contributed by atoms with van der Waals surface area (Å²) in [7, 11) is 0. The molecule has 1 aromatic carbocycles. The Labute approximate surface area is 175 Å². The molecule has 1 amide bonds. The summed E-state index contributed by atoms with van der Waals surface area (Å²) in [6, 6.07) is 11.8. The van der Waals surface area contributed by atoms with E-state index >= 15 is 0 Å². The molecule has 0 aliphatic carbocycles. The van der Waals surface area contributed by atoms with Crippen LogP contribution < -0.4 is 15.8 Å². The second kappa shape index (κ2) is 8.65. The highest BCUT2D eigenvalue weighted by atomic mass is 16.2. The number of pyridine rings is 1. The van der Waals surface area contributed by atoms with Gasteiger partial charge in [-0.25, -0.2) is 9.97 Å². The van der Waals surface area contributed by atoms with Crippen molar-refractivity contribution in [3.8, 4) is 0 Å². The van der Waals surface area contributed by atoms with Crippen molar-refractivity contribution in [2.24, 2.45) is 5.92 Å². The van der Waals surface area contributed by atoms with Crippen LogP contribution in [0.25, 0.3) is 11.2 Å². The smallest absolute Gasteiger partial charge is 0.295 e. The van der Waals surface area contributed by atoms with Crippen LogP contribution in [-0.4, -0.2) is 33.5 Å². The molecule has 1 aliphatic rings. The molecule has 1 saturated heterocycles. The molecule has 0 radical (unpaired) electrons. The van der Waals surface area contributed by atoms with Crippen molar-refractivity contribution in [3.05, 3.63) is 64.1 Å². The van der Waals surface area contributed by atoms with E-state index in [4.69, 9.17) is 0 Å². The van der Waals surface area contributed by atoms with E-state index in [1.54, 1.807) is 10.8 Å². The quantitative estimate of drug-likeness (QED) is 0.706. The number of anilines is 1. The molecule has 1 N–H and O–H groups in total.